The molecule has 2 aliphatic rings. The average molecular weight is 479 g/mol. The summed E-state index contributed by atoms with van der Waals surface area (Å²) in [6, 6.07) is 12.5. The molecule has 2 unspecified atom stereocenters. The highest BCUT2D eigenvalue weighted by Gasteiger charge is 2.38. The number of fused-ring (bicyclic) bond motifs is 3. The van der Waals surface area contributed by atoms with Gasteiger partial charge in [0.05, 0.1) is 28.1 Å². The van der Waals surface area contributed by atoms with E-state index in [0.717, 1.165) is 30.9 Å². The fourth-order valence-electron chi connectivity index (χ4n) is 4.24. The summed E-state index contributed by atoms with van der Waals surface area (Å²) >= 11 is 0. The third-order valence-corrected chi connectivity index (χ3v) is 7.29. The smallest absolute Gasteiger partial charge is 0.269 e. The van der Waals surface area contributed by atoms with Gasteiger partial charge >= 0.3 is 0 Å². The van der Waals surface area contributed by atoms with Crippen LogP contribution in [-0.2, 0) is 10.0 Å². The van der Waals surface area contributed by atoms with E-state index < -0.39 is 14.9 Å². The highest BCUT2D eigenvalue weighted by Crippen LogP contribution is 2.41. The first-order valence-electron chi connectivity index (χ1n) is 10.0. The van der Waals surface area contributed by atoms with Crippen LogP contribution in [0.25, 0.3) is 0 Å². The Morgan fingerprint density at radius 3 is 2.66 bits per heavy atom. The van der Waals surface area contributed by atoms with Crippen molar-refractivity contribution in [3.05, 3.63) is 63.7 Å². The molecule has 0 aromatic heterocycles. The Hall–Kier alpha value is -2.71. The Morgan fingerprint density at radius 1 is 1.22 bits per heavy atom. The lowest BCUT2D eigenvalue weighted by Gasteiger charge is -2.27. The van der Waals surface area contributed by atoms with Gasteiger partial charge in [0.2, 0.25) is 10.0 Å². The molecule has 11 heteroatoms. The van der Waals surface area contributed by atoms with Gasteiger partial charge in [0, 0.05) is 49.2 Å². The number of nitro groups is 1. The van der Waals surface area contributed by atoms with E-state index in [0.29, 0.717) is 30.4 Å². The summed E-state index contributed by atoms with van der Waals surface area (Å²) in [6.45, 7) is 3.38. The second-order valence-electron chi connectivity index (χ2n) is 7.80. The number of likely N-dealkylation sites (tertiary alicyclic amines) is 1. The van der Waals surface area contributed by atoms with Gasteiger partial charge in [0.1, 0.15) is 5.75 Å². The van der Waals surface area contributed by atoms with Crippen molar-refractivity contribution in [2.45, 2.75) is 17.2 Å². The van der Waals surface area contributed by atoms with Crippen LogP contribution >= 0.6 is 12.4 Å². The van der Waals surface area contributed by atoms with Crippen molar-refractivity contribution < 1.29 is 18.1 Å². The van der Waals surface area contributed by atoms with Crippen LogP contribution in [-0.4, -0.2) is 51.0 Å². The lowest BCUT2D eigenvalue weighted by Crippen LogP contribution is -2.29. The largest absolute Gasteiger partial charge is 0.493 e. The van der Waals surface area contributed by atoms with Crippen molar-refractivity contribution in [1.29, 1.82) is 5.26 Å². The molecule has 1 N–H and O–H groups in total. The summed E-state index contributed by atoms with van der Waals surface area (Å²) in [5.41, 5.74) is 1.56. The van der Waals surface area contributed by atoms with Gasteiger partial charge in [0.25, 0.3) is 5.69 Å². The number of ether oxygens (including phenoxy) is 1. The standard InChI is InChI=1S/C21H22N4O5S.ClH/c22-11-15-2-7-21-19(10-15)20-13-24(12-16(20)14-30-21)9-1-8-23-31(28,29)18-5-3-17(4-6-18)25(26)27;/h2-7,10,16,20,23H,1,8-9,12-14H2;1H. The second kappa shape index (κ2) is 9.83. The molecular weight excluding hydrogens is 456 g/mol. The van der Waals surface area contributed by atoms with Crippen LogP contribution in [0.1, 0.15) is 23.5 Å². The zero-order valence-corrected chi connectivity index (χ0v) is 18.8. The van der Waals surface area contributed by atoms with Crippen molar-refractivity contribution in [3.63, 3.8) is 0 Å². The van der Waals surface area contributed by atoms with Crippen molar-refractivity contribution in [2.75, 3.05) is 32.8 Å². The van der Waals surface area contributed by atoms with Gasteiger partial charge in [-0.15, -0.1) is 12.4 Å². The Balaban J connectivity index is 0.00000289. The van der Waals surface area contributed by atoms with E-state index in [1.165, 1.54) is 24.3 Å². The summed E-state index contributed by atoms with van der Waals surface area (Å²) in [5.74, 6) is 1.52. The fourth-order valence-corrected chi connectivity index (χ4v) is 5.31. The third kappa shape index (κ3) is 5.02. The maximum absolute atomic E-state index is 12.4. The van der Waals surface area contributed by atoms with Crippen LogP contribution in [0.15, 0.2) is 47.4 Å². The van der Waals surface area contributed by atoms with Crippen LogP contribution < -0.4 is 9.46 Å². The molecule has 0 amide bonds. The molecule has 0 radical (unpaired) electrons. The molecule has 0 aliphatic carbocycles. The number of hydrogen-bond donors (Lipinski definition) is 1. The number of nitro benzene ring substituents is 1. The first-order chi connectivity index (χ1) is 14.9. The van der Waals surface area contributed by atoms with E-state index in [1.807, 2.05) is 12.1 Å². The topological polar surface area (TPSA) is 126 Å². The number of rotatable bonds is 7. The summed E-state index contributed by atoms with van der Waals surface area (Å²) in [6.07, 6.45) is 0.637. The van der Waals surface area contributed by atoms with E-state index >= 15 is 0 Å². The van der Waals surface area contributed by atoms with Gasteiger partial charge in [-0.25, -0.2) is 13.1 Å². The number of hydrogen-bond acceptors (Lipinski definition) is 7. The van der Waals surface area contributed by atoms with Crippen molar-refractivity contribution in [2.24, 2.45) is 5.92 Å². The Kier molecular flexibility index (Phi) is 7.36. The van der Waals surface area contributed by atoms with E-state index in [9.17, 15) is 23.8 Å². The fraction of sp³-hybridized carbons (Fsp3) is 0.381. The van der Waals surface area contributed by atoms with Gasteiger partial charge in [-0.05, 0) is 43.3 Å². The monoisotopic (exact) mass is 478 g/mol. The minimum atomic E-state index is -3.71. The highest BCUT2D eigenvalue weighted by molar-refractivity contribution is 7.89. The van der Waals surface area contributed by atoms with Gasteiger partial charge < -0.3 is 9.64 Å². The molecule has 4 rings (SSSR count). The molecule has 0 spiro atoms. The number of nitrogens with one attached hydrogen (secondary N) is 1. The van der Waals surface area contributed by atoms with Crippen molar-refractivity contribution in [3.8, 4) is 11.8 Å². The second-order valence-corrected chi connectivity index (χ2v) is 9.57. The summed E-state index contributed by atoms with van der Waals surface area (Å²) in [7, 11) is -3.71. The molecule has 2 aromatic rings. The Labute approximate surface area is 192 Å². The molecule has 0 bridgehead atoms. The first kappa shape index (κ1) is 23.9. The van der Waals surface area contributed by atoms with E-state index in [4.69, 9.17) is 4.74 Å². The van der Waals surface area contributed by atoms with E-state index in [1.54, 1.807) is 6.07 Å². The number of nitrogens with zero attached hydrogens (tertiary/aromatic N) is 3. The normalized spacial score (nSPS) is 19.7. The molecule has 2 aromatic carbocycles. The van der Waals surface area contributed by atoms with Gasteiger partial charge in [-0.1, -0.05) is 0 Å². The van der Waals surface area contributed by atoms with Gasteiger partial charge in [-0.3, -0.25) is 10.1 Å². The summed E-state index contributed by atoms with van der Waals surface area (Å²) < 4.78 is 33.2. The lowest BCUT2D eigenvalue weighted by molar-refractivity contribution is -0.384. The maximum Gasteiger partial charge on any atom is 0.269 e. The lowest BCUT2D eigenvalue weighted by atomic mass is 9.86. The number of halogens is 1. The quantitative estimate of drug-likeness (QED) is 0.368. The SMILES string of the molecule is Cl.N#Cc1ccc2c(c1)C1CN(CCCNS(=O)(=O)c3ccc([N+](=O)[O-])cc3)CC1CO2. The average Bonchev–Trinajstić information content (AvgIpc) is 3.20. The summed E-state index contributed by atoms with van der Waals surface area (Å²) in [4.78, 5) is 12.4. The van der Waals surface area contributed by atoms with E-state index in [2.05, 4.69) is 15.7 Å². The molecule has 2 atom stereocenters. The van der Waals surface area contributed by atoms with Crippen molar-refractivity contribution in [1.82, 2.24) is 9.62 Å². The van der Waals surface area contributed by atoms with Crippen LogP contribution in [0.4, 0.5) is 5.69 Å². The zero-order chi connectivity index (χ0) is 22.0. The van der Waals surface area contributed by atoms with E-state index in [-0.39, 0.29) is 29.5 Å². The Bertz CT molecular complexity index is 1130. The van der Waals surface area contributed by atoms with Crippen LogP contribution in [0.5, 0.6) is 5.75 Å². The van der Waals surface area contributed by atoms with Crippen LogP contribution in [0, 0.1) is 27.4 Å². The third-order valence-electron chi connectivity index (χ3n) is 5.81. The first-order valence-corrected chi connectivity index (χ1v) is 11.5. The molecule has 2 aliphatic heterocycles. The Morgan fingerprint density at radius 2 is 1.97 bits per heavy atom. The maximum atomic E-state index is 12.4. The molecule has 1 fully saturated rings. The molecule has 0 saturated carbocycles. The predicted molar refractivity (Wildman–Crippen MR) is 119 cm³/mol. The number of non-ortho nitro benzene ring substituents is 1. The molecule has 1 saturated heterocycles. The van der Waals surface area contributed by atoms with Gasteiger partial charge in [-0.2, -0.15) is 5.26 Å². The molecular formula is C21H23ClN4O5S. The predicted octanol–water partition coefficient (Wildman–Crippen LogP) is 2.66. The van der Waals surface area contributed by atoms with Gasteiger partial charge in [0.15, 0.2) is 0 Å². The number of benzene rings is 2. The number of sulfonamides is 1. The van der Waals surface area contributed by atoms with Crippen LogP contribution in [0.2, 0.25) is 0 Å². The number of nitriles is 1. The minimum absolute atomic E-state index is 0. The summed E-state index contributed by atoms with van der Waals surface area (Å²) in [5, 5.41) is 19.9. The van der Waals surface area contributed by atoms with Crippen molar-refractivity contribution >= 4 is 28.1 Å². The molecule has 2 heterocycles. The zero-order valence-electron chi connectivity index (χ0n) is 17.1. The molecule has 170 valence electrons. The molecule has 9 nitrogen and oxygen atoms in total. The minimum Gasteiger partial charge on any atom is -0.493 e. The highest BCUT2D eigenvalue weighted by atomic mass is 35.5. The molecule has 32 heavy (non-hydrogen) atoms. The van der Waals surface area contributed by atoms with Crippen LogP contribution in [0.3, 0.4) is 0 Å².